The van der Waals surface area contributed by atoms with Crippen molar-refractivity contribution in [1.29, 1.82) is 0 Å². The van der Waals surface area contributed by atoms with Crippen LogP contribution < -0.4 is 10.0 Å². The zero-order valence-electron chi connectivity index (χ0n) is 9.37. The summed E-state index contributed by atoms with van der Waals surface area (Å²) in [6.45, 7) is 1.77. The summed E-state index contributed by atoms with van der Waals surface area (Å²) in [6.07, 6.45) is 1.07. The van der Waals surface area contributed by atoms with E-state index < -0.39 is 10.0 Å². The Kier molecular flexibility index (Phi) is 3.54. The molecule has 0 spiro atoms. The van der Waals surface area contributed by atoms with Crippen LogP contribution in [-0.2, 0) is 10.0 Å². The lowest BCUT2D eigenvalue weighted by atomic mass is 10.1. The molecule has 5 nitrogen and oxygen atoms in total. The van der Waals surface area contributed by atoms with E-state index >= 15 is 0 Å². The Bertz CT molecular complexity index is 509. The Morgan fingerprint density at radius 1 is 1.31 bits per heavy atom. The predicted octanol–water partition coefficient (Wildman–Crippen LogP) is 0.726. The molecule has 0 saturated heterocycles. The van der Waals surface area contributed by atoms with Crippen LogP contribution >= 0.6 is 0 Å². The van der Waals surface area contributed by atoms with Gasteiger partial charge in [-0.25, -0.2) is 8.42 Å². The largest absolute Gasteiger partial charge is 0.355 e. The number of carbonyl (C=O) groups is 1. The van der Waals surface area contributed by atoms with Crippen LogP contribution in [0.1, 0.15) is 15.9 Å². The minimum absolute atomic E-state index is 0.253. The second-order valence-corrected chi connectivity index (χ2v) is 5.23. The van der Waals surface area contributed by atoms with Crippen molar-refractivity contribution in [1.82, 2.24) is 5.32 Å². The van der Waals surface area contributed by atoms with Gasteiger partial charge in [-0.15, -0.1) is 0 Å². The van der Waals surface area contributed by atoms with Crippen molar-refractivity contribution in [3.05, 3.63) is 29.3 Å². The first kappa shape index (κ1) is 12.5. The van der Waals surface area contributed by atoms with Gasteiger partial charge in [0.15, 0.2) is 0 Å². The zero-order valence-corrected chi connectivity index (χ0v) is 10.2. The summed E-state index contributed by atoms with van der Waals surface area (Å²) in [7, 11) is -1.81. The highest BCUT2D eigenvalue weighted by atomic mass is 32.2. The van der Waals surface area contributed by atoms with Crippen molar-refractivity contribution in [3.63, 3.8) is 0 Å². The van der Waals surface area contributed by atoms with Crippen molar-refractivity contribution in [2.24, 2.45) is 0 Å². The van der Waals surface area contributed by atoms with Crippen molar-refractivity contribution < 1.29 is 13.2 Å². The second kappa shape index (κ2) is 4.52. The van der Waals surface area contributed by atoms with Gasteiger partial charge in [-0.3, -0.25) is 9.52 Å². The fraction of sp³-hybridized carbons (Fsp3) is 0.300. The molecule has 0 fully saturated rings. The molecule has 0 aliphatic heterocycles. The highest BCUT2D eigenvalue weighted by molar-refractivity contribution is 7.92. The van der Waals surface area contributed by atoms with Gasteiger partial charge in [-0.2, -0.15) is 0 Å². The Labute approximate surface area is 94.9 Å². The molecule has 0 unspecified atom stereocenters. The Hall–Kier alpha value is -1.56. The van der Waals surface area contributed by atoms with Gasteiger partial charge in [0.05, 0.1) is 11.9 Å². The highest BCUT2D eigenvalue weighted by Gasteiger charge is 2.09. The smallest absolute Gasteiger partial charge is 0.251 e. The van der Waals surface area contributed by atoms with Crippen molar-refractivity contribution in [2.75, 3.05) is 18.0 Å². The molecule has 6 heteroatoms. The number of hydrogen-bond acceptors (Lipinski definition) is 3. The number of aryl methyl sites for hydroxylation is 1. The lowest BCUT2D eigenvalue weighted by molar-refractivity contribution is 0.0963. The molecule has 0 aliphatic carbocycles. The highest BCUT2D eigenvalue weighted by Crippen LogP contribution is 2.17. The molecular formula is C10H14N2O3S. The molecule has 0 saturated carbocycles. The van der Waals surface area contributed by atoms with Crippen molar-refractivity contribution in [3.8, 4) is 0 Å². The first-order valence-corrected chi connectivity index (χ1v) is 6.53. The molecular weight excluding hydrogens is 228 g/mol. The molecule has 1 amide bonds. The molecule has 1 aromatic rings. The van der Waals surface area contributed by atoms with Gasteiger partial charge in [-0.1, -0.05) is 6.07 Å². The standard InChI is InChI=1S/C10H14N2O3S/c1-7-4-5-8(10(13)11-2)6-9(7)12-16(3,14)15/h4-6,12H,1-3H3,(H,11,13). The fourth-order valence-electron chi connectivity index (χ4n) is 1.22. The monoisotopic (exact) mass is 242 g/mol. The number of anilines is 1. The molecule has 0 bridgehead atoms. The van der Waals surface area contributed by atoms with Crippen molar-refractivity contribution in [2.45, 2.75) is 6.92 Å². The van der Waals surface area contributed by atoms with E-state index in [9.17, 15) is 13.2 Å². The molecule has 88 valence electrons. The van der Waals surface area contributed by atoms with Crippen LogP contribution in [0.25, 0.3) is 0 Å². The quantitative estimate of drug-likeness (QED) is 0.820. The van der Waals surface area contributed by atoms with E-state index in [0.29, 0.717) is 11.3 Å². The van der Waals surface area contributed by atoms with Crippen molar-refractivity contribution >= 4 is 21.6 Å². The minimum Gasteiger partial charge on any atom is -0.355 e. The zero-order chi connectivity index (χ0) is 12.3. The summed E-state index contributed by atoms with van der Waals surface area (Å²) in [5.74, 6) is -0.253. The Morgan fingerprint density at radius 3 is 2.44 bits per heavy atom. The summed E-state index contributed by atoms with van der Waals surface area (Å²) in [6, 6.07) is 4.84. The van der Waals surface area contributed by atoms with Crippen LogP contribution in [-0.4, -0.2) is 27.6 Å². The molecule has 0 radical (unpaired) electrons. The maximum absolute atomic E-state index is 11.4. The number of sulfonamides is 1. The third kappa shape index (κ3) is 3.23. The first-order chi connectivity index (χ1) is 7.33. The molecule has 0 aliphatic rings. The van der Waals surface area contributed by atoms with E-state index in [1.165, 1.54) is 13.1 Å². The van der Waals surface area contributed by atoms with E-state index in [1.54, 1.807) is 19.1 Å². The second-order valence-electron chi connectivity index (χ2n) is 3.48. The molecule has 2 N–H and O–H groups in total. The van der Waals surface area contributed by atoms with E-state index in [0.717, 1.165) is 11.8 Å². The summed E-state index contributed by atoms with van der Waals surface area (Å²) in [5, 5.41) is 2.47. The average Bonchev–Trinajstić information content (AvgIpc) is 2.18. The molecule has 1 rings (SSSR count). The van der Waals surface area contributed by atoms with Gasteiger partial charge < -0.3 is 5.32 Å². The summed E-state index contributed by atoms with van der Waals surface area (Å²) < 4.78 is 24.5. The van der Waals surface area contributed by atoms with Crippen LogP contribution in [0.4, 0.5) is 5.69 Å². The van der Waals surface area contributed by atoms with Gasteiger partial charge in [0, 0.05) is 12.6 Å². The Balaban J connectivity index is 3.14. The average molecular weight is 242 g/mol. The molecule has 16 heavy (non-hydrogen) atoms. The minimum atomic E-state index is -3.33. The third-order valence-electron chi connectivity index (χ3n) is 2.02. The molecule has 0 heterocycles. The SMILES string of the molecule is CNC(=O)c1ccc(C)c(NS(C)(=O)=O)c1. The van der Waals surface area contributed by atoms with Gasteiger partial charge in [-0.05, 0) is 24.6 Å². The number of nitrogens with one attached hydrogen (secondary N) is 2. The summed E-state index contributed by atoms with van der Waals surface area (Å²) >= 11 is 0. The van der Waals surface area contributed by atoms with Crippen LogP contribution in [0.5, 0.6) is 0 Å². The van der Waals surface area contributed by atoms with E-state index in [2.05, 4.69) is 10.0 Å². The summed E-state index contributed by atoms with van der Waals surface area (Å²) in [4.78, 5) is 11.4. The van der Waals surface area contributed by atoms with E-state index in [1.807, 2.05) is 0 Å². The lowest BCUT2D eigenvalue weighted by Crippen LogP contribution is -2.18. The number of amides is 1. The van der Waals surface area contributed by atoms with Gasteiger partial charge in [0.2, 0.25) is 10.0 Å². The van der Waals surface area contributed by atoms with Crippen LogP contribution in [0.15, 0.2) is 18.2 Å². The topological polar surface area (TPSA) is 75.3 Å². The van der Waals surface area contributed by atoms with Gasteiger partial charge in [0.25, 0.3) is 5.91 Å². The predicted molar refractivity (Wildman–Crippen MR) is 63.0 cm³/mol. The normalized spacial score (nSPS) is 10.9. The number of hydrogen-bond donors (Lipinski definition) is 2. The van der Waals surface area contributed by atoms with Gasteiger partial charge >= 0.3 is 0 Å². The van der Waals surface area contributed by atoms with E-state index in [4.69, 9.17) is 0 Å². The van der Waals surface area contributed by atoms with Crippen LogP contribution in [0.3, 0.4) is 0 Å². The third-order valence-corrected chi connectivity index (χ3v) is 2.61. The van der Waals surface area contributed by atoms with E-state index in [-0.39, 0.29) is 5.91 Å². The lowest BCUT2D eigenvalue weighted by Gasteiger charge is -2.09. The fourth-order valence-corrected chi connectivity index (χ4v) is 1.84. The van der Waals surface area contributed by atoms with Crippen LogP contribution in [0, 0.1) is 6.92 Å². The number of rotatable bonds is 3. The number of benzene rings is 1. The number of carbonyl (C=O) groups excluding carboxylic acids is 1. The maximum atomic E-state index is 11.4. The molecule has 1 aromatic carbocycles. The Morgan fingerprint density at radius 2 is 1.94 bits per heavy atom. The maximum Gasteiger partial charge on any atom is 0.251 e. The molecule has 0 atom stereocenters. The van der Waals surface area contributed by atoms with Gasteiger partial charge in [0.1, 0.15) is 0 Å². The first-order valence-electron chi connectivity index (χ1n) is 4.64. The van der Waals surface area contributed by atoms with Crippen LogP contribution in [0.2, 0.25) is 0 Å². The summed E-state index contributed by atoms with van der Waals surface area (Å²) in [5.41, 5.74) is 1.60. The molecule has 0 aromatic heterocycles.